The zero-order valence-electron chi connectivity index (χ0n) is 17.1. The van der Waals surface area contributed by atoms with Crippen LogP contribution in [0.25, 0.3) is 0 Å². The lowest BCUT2D eigenvalue weighted by Crippen LogP contribution is -2.44. The van der Waals surface area contributed by atoms with Gasteiger partial charge >= 0.3 is 0 Å². The lowest BCUT2D eigenvalue weighted by Gasteiger charge is -2.41. The third kappa shape index (κ3) is 3.14. The summed E-state index contributed by atoms with van der Waals surface area (Å²) in [6.45, 7) is 15.6. The van der Waals surface area contributed by atoms with E-state index in [1.165, 1.54) is 0 Å². The highest BCUT2D eigenvalue weighted by atomic mass is 28.4. The van der Waals surface area contributed by atoms with Crippen molar-refractivity contribution in [1.82, 2.24) is 0 Å². The van der Waals surface area contributed by atoms with E-state index in [9.17, 15) is 5.11 Å². The van der Waals surface area contributed by atoms with Crippen LogP contribution in [-0.2, 0) is 5.60 Å². The van der Waals surface area contributed by atoms with Crippen molar-refractivity contribution in [1.29, 1.82) is 0 Å². The van der Waals surface area contributed by atoms with Crippen LogP contribution in [-0.4, -0.2) is 13.4 Å². The second-order valence-corrected chi connectivity index (χ2v) is 14.1. The van der Waals surface area contributed by atoms with Gasteiger partial charge in [0.2, 0.25) is 8.32 Å². The molecule has 142 valence electrons. The summed E-state index contributed by atoms with van der Waals surface area (Å²) in [6.07, 6.45) is 3.20. The lowest BCUT2D eigenvalue weighted by atomic mass is 9.72. The van der Waals surface area contributed by atoms with Crippen molar-refractivity contribution in [3.05, 3.63) is 53.0 Å². The van der Waals surface area contributed by atoms with Gasteiger partial charge in [0, 0.05) is 5.56 Å². The third-order valence-electron chi connectivity index (χ3n) is 6.26. The van der Waals surface area contributed by atoms with E-state index in [4.69, 9.17) is 8.84 Å². The van der Waals surface area contributed by atoms with Crippen LogP contribution in [0.3, 0.4) is 0 Å². The molecule has 26 heavy (non-hydrogen) atoms. The monoisotopic (exact) mass is 372 g/mol. The Morgan fingerprint density at radius 2 is 1.96 bits per heavy atom. The summed E-state index contributed by atoms with van der Waals surface area (Å²) in [6, 6.07) is 7.96. The number of aliphatic hydroxyl groups is 1. The normalized spacial score (nSPS) is 23.6. The zero-order chi connectivity index (χ0) is 19.3. The molecule has 4 heteroatoms. The van der Waals surface area contributed by atoms with Gasteiger partial charge in [0.15, 0.2) is 0 Å². The first-order valence-corrected chi connectivity index (χ1v) is 12.5. The molecule has 1 aliphatic carbocycles. The van der Waals surface area contributed by atoms with Gasteiger partial charge in [-0.05, 0) is 73.1 Å². The van der Waals surface area contributed by atoms with E-state index in [-0.39, 0.29) is 5.04 Å². The van der Waals surface area contributed by atoms with Gasteiger partial charge in [0.05, 0.1) is 6.26 Å². The van der Waals surface area contributed by atoms with Crippen molar-refractivity contribution in [3.63, 3.8) is 0 Å². The van der Waals surface area contributed by atoms with Crippen LogP contribution >= 0.6 is 0 Å². The summed E-state index contributed by atoms with van der Waals surface area (Å²) in [5.74, 6) is 1.92. The minimum absolute atomic E-state index is 0.124. The fourth-order valence-corrected chi connectivity index (χ4v) is 4.63. The molecule has 0 radical (unpaired) electrons. The number of rotatable bonds is 3. The summed E-state index contributed by atoms with van der Waals surface area (Å²) in [5.41, 5.74) is 2.12. The zero-order valence-corrected chi connectivity index (χ0v) is 18.1. The Morgan fingerprint density at radius 1 is 1.27 bits per heavy atom. The molecule has 1 aromatic carbocycles. The molecule has 1 N–H and O–H groups in total. The van der Waals surface area contributed by atoms with E-state index >= 15 is 0 Å². The third-order valence-corrected chi connectivity index (χ3v) is 10.6. The van der Waals surface area contributed by atoms with Crippen molar-refractivity contribution >= 4 is 8.32 Å². The van der Waals surface area contributed by atoms with Gasteiger partial charge < -0.3 is 13.9 Å². The Labute approximate surface area is 158 Å². The van der Waals surface area contributed by atoms with Crippen molar-refractivity contribution in [2.75, 3.05) is 0 Å². The standard InChI is InChI=1S/C22H32O3Si/c1-15-13-17-20(18(14-15)25-26(6,7)21(3,4)5)16(2)10-11-22(17,23)19-9-8-12-24-19/h8-9,12-14,16,23H,10-11H2,1-7H3/t16-,22-/m1/s1. The van der Waals surface area contributed by atoms with Gasteiger partial charge in [0.1, 0.15) is 17.1 Å². The first-order valence-electron chi connectivity index (χ1n) is 9.56. The highest BCUT2D eigenvalue weighted by Crippen LogP contribution is 2.50. The molecule has 0 saturated heterocycles. The lowest BCUT2D eigenvalue weighted by molar-refractivity contribution is 0.0354. The Bertz CT molecular complexity index is 786. The van der Waals surface area contributed by atoms with E-state index in [0.29, 0.717) is 18.1 Å². The second-order valence-electron chi connectivity index (χ2n) is 9.36. The number of fused-ring (bicyclic) bond motifs is 1. The molecule has 2 aromatic rings. The van der Waals surface area contributed by atoms with E-state index in [1.54, 1.807) is 6.26 Å². The number of aryl methyl sites for hydroxylation is 1. The van der Waals surface area contributed by atoms with Crippen molar-refractivity contribution in [2.45, 2.75) is 77.1 Å². The van der Waals surface area contributed by atoms with Crippen LogP contribution in [0.15, 0.2) is 34.9 Å². The highest BCUT2D eigenvalue weighted by molar-refractivity contribution is 6.74. The average Bonchev–Trinajstić information content (AvgIpc) is 3.04. The Balaban J connectivity index is 2.17. The molecule has 3 nitrogen and oxygen atoms in total. The minimum Gasteiger partial charge on any atom is -0.543 e. The van der Waals surface area contributed by atoms with Crippen LogP contribution in [0.5, 0.6) is 5.75 Å². The van der Waals surface area contributed by atoms with Crippen LogP contribution in [0.2, 0.25) is 18.1 Å². The Kier molecular flexibility index (Phi) is 4.64. The van der Waals surface area contributed by atoms with Gasteiger partial charge in [-0.25, -0.2) is 0 Å². The second kappa shape index (κ2) is 6.27. The van der Waals surface area contributed by atoms with Crippen LogP contribution < -0.4 is 4.43 Å². The van der Waals surface area contributed by atoms with Gasteiger partial charge in [0.25, 0.3) is 0 Å². The summed E-state index contributed by atoms with van der Waals surface area (Å²) >= 11 is 0. The topological polar surface area (TPSA) is 42.6 Å². The molecule has 0 spiro atoms. The molecule has 0 bridgehead atoms. The molecule has 1 heterocycles. The molecule has 1 aromatic heterocycles. The van der Waals surface area contributed by atoms with Gasteiger partial charge in [-0.1, -0.05) is 33.8 Å². The maximum atomic E-state index is 11.6. The predicted molar refractivity (Wildman–Crippen MR) is 108 cm³/mol. The molecule has 0 fully saturated rings. The van der Waals surface area contributed by atoms with Crippen LogP contribution in [0.1, 0.15) is 68.9 Å². The number of hydrogen-bond donors (Lipinski definition) is 1. The molecular weight excluding hydrogens is 340 g/mol. The minimum atomic E-state index is -1.98. The number of benzene rings is 1. The molecule has 0 unspecified atom stereocenters. The molecular formula is C22H32O3Si. The van der Waals surface area contributed by atoms with E-state index in [2.05, 4.69) is 59.8 Å². The van der Waals surface area contributed by atoms with Crippen LogP contribution in [0, 0.1) is 6.92 Å². The molecule has 0 aliphatic heterocycles. The van der Waals surface area contributed by atoms with Crippen molar-refractivity contribution < 1.29 is 13.9 Å². The molecule has 1 aliphatic rings. The molecule has 0 amide bonds. The predicted octanol–water partition coefficient (Wildman–Crippen LogP) is 6.11. The van der Waals surface area contributed by atoms with E-state index in [0.717, 1.165) is 28.9 Å². The first-order chi connectivity index (χ1) is 12.0. The van der Waals surface area contributed by atoms with Gasteiger partial charge in [-0.15, -0.1) is 0 Å². The molecule has 0 saturated carbocycles. The Hall–Kier alpha value is -1.52. The maximum Gasteiger partial charge on any atom is 0.250 e. The van der Waals surface area contributed by atoms with Crippen LogP contribution in [0.4, 0.5) is 0 Å². The largest absolute Gasteiger partial charge is 0.543 e. The SMILES string of the molecule is Cc1cc(O[Si](C)(C)C(C)(C)C)c2c(c1)[C@@](O)(c1ccco1)CC[C@H]2C. The highest BCUT2D eigenvalue weighted by Gasteiger charge is 2.44. The number of hydrogen-bond acceptors (Lipinski definition) is 3. The van der Waals surface area contributed by atoms with Gasteiger partial charge in [-0.3, -0.25) is 0 Å². The smallest absolute Gasteiger partial charge is 0.250 e. The quantitative estimate of drug-likeness (QED) is 0.661. The number of furan rings is 1. The summed E-state index contributed by atoms with van der Waals surface area (Å²) < 4.78 is 12.3. The van der Waals surface area contributed by atoms with E-state index < -0.39 is 13.9 Å². The summed E-state index contributed by atoms with van der Waals surface area (Å²) in [7, 11) is -1.98. The van der Waals surface area contributed by atoms with E-state index in [1.807, 2.05) is 12.1 Å². The summed E-state index contributed by atoms with van der Waals surface area (Å²) in [5, 5.41) is 11.7. The average molecular weight is 373 g/mol. The van der Waals surface area contributed by atoms with Gasteiger partial charge in [-0.2, -0.15) is 0 Å². The van der Waals surface area contributed by atoms with Crippen molar-refractivity contribution in [2.24, 2.45) is 0 Å². The first kappa shape index (κ1) is 19.2. The molecule has 3 rings (SSSR count). The van der Waals surface area contributed by atoms with Crippen molar-refractivity contribution in [3.8, 4) is 5.75 Å². The summed E-state index contributed by atoms with van der Waals surface area (Å²) in [4.78, 5) is 0. The fraction of sp³-hybridized carbons (Fsp3) is 0.545. The maximum absolute atomic E-state index is 11.6. The Morgan fingerprint density at radius 3 is 2.54 bits per heavy atom. The molecule has 2 atom stereocenters. The fourth-order valence-electron chi connectivity index (χ4n) is 3.60.